The number of rotatable bonds is 6. The molecule has 3 rings (SSSR count). The Kier molecular flexibility index (Phi) is 6.45. The summed E-state index contributed by atoms with van der Waals surface area (Å²) in [6, 6.07) is 10.9. The lowest BCUT2D eigenvalue weighted by atomic mass is 10.0. The van der Waals surface area contributed by atoms with E-state index in [1.54, 1.807) is 38.5 Å². The van der Waals surface area contributed by atoms with Gasteiger partial charge in [0.2, 0.25) is 11.7 Å². The van der Waals surface area contributed by atoms with Crippen molar-refractivity contribution in [3.05, 3.63) is 58.8 Å². The number of amides is 1. The largest absolute Gasteiger partial charge is 0.493 e. The van der Waals surface area contributed by atoms with E-state index >= 15 is 0 Å². The van der Waals surface area contributed by atoms with Crippen LogP contribution in [0.2, 0.25) is 0 Å². The molecule has 2 aromatic carbocycles. The van der Waals surface area contributed by atoms with Gasteiger partial charge in [0, 0.05) is 30.8 Å². The van der Waals surface area contributed by atoms with E-state index in [-0.39, 0.29) is 17.6 Å². The molecular weight excluding hydrogens is 380 g/mol. The molecule has 0 spiro atoms. The minimum atomic E-state index is -0.105. The third-order valence-electron chi connectivity index (χ3n) is 5.24. The second-order valence-corrected chi connectivity index (χ2v) is 7.66. The van der Waals surface area contributed by atoms with Crippen molar-refractivity contribution in [2.45, 2.75) is 20.3 Å². The molecule has 0 atom stereocenters. The molecular formula is C24H28N2O4. The Bertz CT molecular complexity index is 977. The number of ketones is 1. The lowest BCUT2D eigenvalue weighted by molar-refractivity contribution is -0.118. The summed E-state index contributed by atoms with van der Waals surface area (Å²) in [6.45, 7) is 4.39. The fourth-order valence-electron chi connectivity index (χ4n) is 3.33. The summed E-state index contributed by atoms with van der Waals surface area (Å²) >= 11 is 0. The zero-order valence-corrected chi connectivity index (χ0v) is 18.1. The maximum absolute atomic E-state index is 13.2. The molecule has 0 aromatic heterocycles. The molecule has 1 aliphatic rings. The predicted molar refractivity (Wildman–Crippen MR) is 118 cm³/mol. The SMILES string of the molecule is COc1cc2c(cc1OC)CCN(C)C(C(=O)c1ccc(NC(=O)C(C)C)cc1)=C2. The highest BCUT2D eigenvalue weighted by Crippen LogP contribution is 2.34. The summed E-state index contributed by atoms with van der Waals surface area (Å²) in [5, 5.41) is 2.84. The van der Waals surface area contributed by atoms with Gasteiger partial charge in [0.25, 0.3) is 0 Å². The third kappa shape index (κ3) is 4.48. The molecule has 0 aliphatic carbocycles. The number of carbonyl (C=O) groups is 2. The van der Waals surface area contributed by atoms with Gasteiger partial charge in [-0.3, -0.25) is 9.59 Å². The summed E-state index contributed by atoms with van der Waals surface area (Å²) in [5.74, 6) is 1.09. The van der Waals surface area contributed by atoms with Crippen LogP contribution in [-0.4, -0.2) is 44.4 Å². The summed E-state index contributed by atoms with van der Waals surface area (Å²) in [6.07, 6.45) is 2.70. The first-order chi connectivity index (χ1) is 14.3. The Morgan fingerprint density at radius 1 is 1.03 bits per heavy atom. The van der Waals surface area contributed by atoms with Gasteiger partial charge in [-0.25, -0.2) is 0 Å². The molecule has 1 aliphatic heterocycles. The molecule has 1 heterocycles. The van der Waals surface area contributed by atoms with E-state index in [9.17, 15) is 9.59 Å². The van der Waals surface area contributed by atoms with Gasteiger partial charge in [-0.15, -0.1) is 0 Å². The van der Waals surface area contributed by atoms with Crippen molar-refractivity contribution in [2.75, 3.05) is 33.1 Å². The molecule has 6 nitrogen and oxygen atoms in total. The summed E-state index contributed by atoms with van der Waals surface area (Å²) in [4.78, 5) is 27.1. The molecule has 0 bridgehead atoms. The number of nitrogens with zero attached hydrogens (tertiary/aromatic N) is 1. The average Bonchev–Trinajstić information content (AvgIpc) is 2.91. The predicted octanol–water partition coefficient (Wildman–Crippen LogP) is 4.01. The van der Waals surface area contributed by atoms with Crippen molar-refractivity contribution in [1.82, 2.24) is 4.90 Å². The monoisotopic (exact) mass is 408 g/mol. The molecule has 0 radical (unpaired) electrons. The molecule has 0 unspecified atom stereocenters. The second-order valence-electron chi connectivity index (χ2n) is 7.66. The van der Waals surface area contributed by atoms with Crippen LogP contribution in [0.25, 0.3) is 6.08 Å². The zero-order chi connectivity index (χ0) is 21.8. The van der Waals surface area contributed by atoms with Gasteiger partial charge >= 0.3 is 0 Å². The first-order valence-corrected chi connectivity index (χ1v) is 9.97. The number of carbonyl (C=O) groups excluding carboxylic acids is 2. The lowest BCUT2D eigenvalue weighted by Crippen LogP contribution is -2.24. The highest BCUT2D eigenvalue weighted by molar-refractivity contribution is 6.11. The van der Waals surface area contributed by atoms with E-state index in [2.05, 4.69) is 5.32 Å². The Morgan fingerprint density at radius 2 is 1.67 bits per heavy atom. The number of fused-ring (bicyclic) bond motifs is 1. The van der Waals surface area contributed by atoms with E-state index in [4.69, 9.17) is 9.47 Å². The highest BCUT2D eigenvalue weighted by atomic mass is 16.5. The maximum Gasteiger partial charge on any atom is 0.226 e. The molecule has 6 heteroatoms. The van der Waals surface area contributed by atoms with Crippen LogP contribution < -0.4 is 14.8 Å². The normalized spacial score (nSPS) is 13.3. The van der Waals surface area contributed by atoms with Gasteiger partial charge in [-0.05, 0) is 60.0 Å². The van der Waals surface area contributed by atoms with Crippen LogP contribution in [0.15, 0.2) is 42.1 Å². The first-order valence-electron chi connectivity index (χ1n) is 9.97. The van der Waals surface area contributed by atoms with Crippen molar-refractivity contribution >= 4 is 23.5 Å². The van der Waals surface area contributed by atoms with Crippen LogP contribution in [0.4, 0.5) is 5.69 Å². The average molecular weight is 408 g/mol. The minimum absolute atomic E-state index is 0.0544. The number of hydrogen-bond donors (Lipinski definition) is 1. The van der Waals surface area contributed by atoms with Gasteiger partial charge < -0.3 is 19.7 Å². The van der Waals surface area contributed by atoms with Gasteiger partial charge in [0.15, 0.2) is 11.5 Å². The van der Waals surface area contributed by atoms with Crippen molar-refractivity contribution in [3.8, 4) is 11.5 Å². The quantitative estimate of drug-likeness (QED) is 0.732. The molecule has 2 aromatic rings. The molecule has 0 fully saturated rings. The topological polar surface area (TPSA) is 67.9 Å². The number of nitrogens with one attached hydrogen (secondary N) is 1. The minimum Gasteiger partial charge on any atom is -0.493 e. The Balaban J connectivity index is 1.91. The number of ether oxygens (including phenoxy) is 2. The Labute approximate surface area is 177 Å². The third-order valence-corrected chi connectivity index (χ3v) is 5.24. The number of hydrogen-bond acceptors (Lipinski definition) is 5. The van der Waals surface area contributed by atoms with Gasteiger partial charge in [0.05, 0.1) is 19.9 Å². The number of Topliss-reactive ketones (excluding diaryl/α,β-unsaturated/α-hetero) is 1. The summed E-state index contributed by atoms with van der Waals surface area (Å²) in [5.41, 5.74) is 3.91. The standard InChI is InChI=1S/C24H28N2O4/c1-15(2)24(28)25-19-8-6-16(7-9-19)23(27)20-12-18-14-22(30-5)21(29-4)13-17(18)10-11-26(20)3/h6-9,12-15H,10-11H2,1-5H3,(H,25,28). The Hall–Kier alpha value is -3.28. The highest BCUT2D eigenvalue weighted by Gasteiger charge is 2.22. The van der Waals surface area contributed by atoms with Crippen LogP contribution in [0, 0.1) is 5.92 Å². The number of allylic oxidation sites excluding steroid dienone is 1. The van der Waals surface area contributed by atoms with Crippen LogP contribution in [-0.2, 0) is 11.2 Å². The van der Waals surface area contributed by atoms with Gasteiger partial charge in [0.1, 0.15) is 0 Å². The lowest BCUT2D eigenvalue weighted by Gasteiger charge is -2.20. The molecule has 0 saturated heterocycles. The van der Waals surface area contributed by atoms with Crippen LogP contribution in [0.5, 0.6) is 11.5 Å². The van der Waals surface area contributed by atoms with E-state index < -0.39 is 0 Å². The fraction of sp³-hybridized carbons (Fsp3) is 0.333. The first kappa shape index (κ1) is 21.4. The number of anilines is 1. The van der Waals surface area contributed by atoms with Gasteiger partial charge in [-0.1, -0.05) is 13.8 Å². The molecule has 30 heavy (non-hydrogen) atoms. The maximum atomic E-state index is 13.2. The molecule has 158 valence electrons. The number of benzene rings is 2. The number of methoxy groups -OCH3 is 2. The van der Waals surface area contributed by atoms with Crippen molar-refractivity contribution in [1.29, 1.82) is 0 Å². The number of likely N-dealkylation sites (N-methyl/N-ethyl adjacent to an activating group) is 1. The van der Waals surface area contributed by atoms with Crippen LogP contribution in [0.1, 0.15) is 35.3 Å². The molecule has 0 saturated carbocycles. The van der Waals surface area contributed by atoms with E-state index in [1.807, 2.05) is 44.0 Å². The van der Waals surface area contributed by atoms with E-state index in [1.165, 1.54) is 0 Å². The van der Waals surface area contributed by atoms with Crippen LogP contribution >= 0.6 is 0 Å². The van der Waals surface area contributed by atoms with Crippen molar-refractivity contribution < 1.29 is 19.1 Å². The molecule has 1 amide bonds. The van der Waals surface area contributed by atoms with Gasteiger partial charge in [-0.2, -0.15) is 0 Å². The van der Waals surface area contributed by atoms with Crippen molar-refractivity contribution in [2.24, 2.45) is 5.92 Å². The smallest absolute Gasteiger partial charge is 0.226 e. The zero-order valence-electron chi connectivity index (χ0n) is 18.1. The fourth-order valence-corrected chi connectivity index (χ4v) is 3.33. The van der Waals surface area contributed by atoms with E-state index in [0.29, 0.717) is 35.0 Å². The Morgan fingerprint density at radius 3 is 2.27 bits per heavy atom. The summed E-state index contributed by atoms with van der Waals surface area (Å²) < 4.78 is 10.8. The second kappa shape index (κ2) is 9.03. The van der Waals surface area contributed by atoms with E-state index in [0.717, 1.165) is 17.5 Å². The summed E-state index contributed by atoms with van der Waals surface area (Å²) in [7, 11) is 5.13. The molecule has 1 N–H and O–H groups in total. The van der Waals surface area contributed by atoms with Crippen molar-refractivity contribution in [3.63, 3.8) is 0 Å². The van der Waals surface area contributed by atoms with Crippen LogP contribution in [0.3, 0.4) is 0 Å².